The number of aromatic nitrogens is 1. The van der Waals surface area contributed by atoms with Crippen molar-refractivity contribution in [3.63, 3.8) is 0 Å². The lowest BCUT2D eigenvalue weighted by atomic mass is 10.2. The lowest BCUT2D eigenvalue weighted by Gasteiger charge is -2.17. The Morgan fingerprint density at radius 3 is 2.62 bits per heavy atom. The molecule has 5 nitrogen and oxygen atoms in total. The van der Waals surface area contributed by atoms with Gasteiger partial charge in [-0.2, -0.15) is 0 Å². The Morgan fingerprint density at radius 1 is 1.25 bits per heavy atom. The molecule has 6 heteroatoms. The number of rotatable bonds is 7. The molecule has 0 bridgehead atoms. The molecular weight excluding hydrogens is 322 g/mol. The molecule has 1 aromatic heterocycles. The van der Waals surface area contributed by atoms with E-state index in [0.717, 1.165) is 43.4 Å². The SMILES string of the molecule is COc1cc(CN2CC[C@@H](NCc3nc(C)cs3)C2)cc(OC)c1. The molecule has 2 aromatic rings. The van der Waals surface area contributed by atoms with Crippen molar-refractivity contribution in [1.29, 1.82) is 0 Å². The summed E-state index contributed by atoms with van der Waals surface area (Å²) < 4.78 is 10.7. The van der Waals surface area contributed by atoms with Gasteiger partial charge in [-0.25, -0.2) is 4.98 Å². The molecule has 3 rings (SSSR count). The maximum Gasteiger partial charge on any atom is 0.122 e. The summed E-state index contributed by atoms with van der Waals surface area (Å²) in [6.45, 7) is 5.99. The fraction of sp³-hybridized carbons (Fsp3) is 0.500. The van der Waals surface area contributed by atoms with Crippen LogP contribution in [0.1, 0.15) is 22.7 Å². The molecule has 0 saturated carbocycles. The topological polar surface area (TPSA) is 46.6 Å². The molecule has 1 N–H and O–H groups in total. The van der Waals surface area contributed by atoms with Crippen LogP contribution in [0.4, 0.5) is 0 Å². The van der Waals surface area contributed by atoms with Crippen LogP contribution in [-0.2, 0) is 13.1 Å². The van der Waals surface area contributed by atoms with Gasteiger partial charge in [0.1, 0.15) is 16.5 Å². The van der Waals surface area contributed by atoms with Gasteiger partial charge >= 0.3 is 0 Å². The Bertz CT molecular complexity index is 652. The van der Waals surface area contributed by atoms with Crippen LogP contribution in [0.25, 0.3) is 0 Å². The summed E-state index contributed by atoms with van der Waals surface area (Å²) in [5, 5.41) is 6.90. The fourth-order valence-electron chi connectivity index (χ4n) is 3.07. The molecule has 0 amide bonds. The smallest absolute Gasteiger partial charge is 0.122 e. The highest BCUT2D eigenvalue weighted by Gasteiger charge is 2.22. The molecular formula is C18H25N3O2S. The van der Waals surface area contributed by atoms with Crippen molar-refractivity contribution < 1.29 is 9.47 Å². The van der Waals surface area contributed by atoms with E-state index in [9.17, 15) is 0 Å². The average molecular weight is 347 g/mol. The summed E-state index contributed by atoms with van der Waals surface area (Å²) in [6, 6.07) is 6.61. The van der Waals surface area contributed by atoms with E-state index in [1.165, 1.54) is 17.0 Å². The van der Waals surface area contributed by atoms with Gasteiger partial charge in [0.2, 0.25) is 0 Å². The third kappa shape index (κ3) is 4.47. The molecule has 0 aliphatic carbocycles. The van der Waals surface area contributed by atoms with E-state index in [-0.39, 0.29) is 0 Å². The van der Waals surface area contributed by atoms with Crippen LogP contribution in [0.5, 0.6) is 11.5 Å². The Hall–Kier alpha value is -1.63. The molecule has 0 spiro atoms. The van der Waals surface area contributed by atoms with Crippen LogP contribution in [0, 0.1) is 6.92 Å². The Labute approximate surface area is 147 Å². The van der Waals surface area contributed by atoms with Gasteiger partial charge < -0.3 is 14.8 Å². The van der Waals surface area contributed by atoms with E-state index in [1.807, 2.05) is 13.0 Å². The molecule has 1 saturated heterocycles. The number of ether oxygens (including phenoxy) is 2. The number of likely N-dealkylation sites (tertiary alicyclic amines) is 1. The minimum Gasteiger partial charge on any atom is -0.497 e. The standard InChI is InChI=1S/C18H25N3O2S/c1-13-12-24-18(20-13)9-19-15-4-5-21(11-15)10-14-6-16(22-2)8-17(7-14)23-3/h6-8,12,15,19H,4-5,9-11H2,1-3H3/t15-/m1/s1. The molecule has 1 aromatic carbocycles. The summed E-state index contributed by atoms with van der Waals surface area (Å²) in [5.74, 6) is 1.69. The second-order valence-electron chi connectivity index (χ2n) is 6.21. The molecule has 130 valence electrons. The van der Waals surface area contributed by atoms with Crippen LogP contribution in [-0.4, -0.2) is 43.2 Å². The van der Waals surface area contributed by atoms with Crippen LogP contribution in [0.15, 0.2) is 23.6 Å². The van der Waals surface area contributed by atoms with Crippen molar-refractivity contribution in [1.82, 2.24) is 15.2 Å². The highest BCUT2D eigenvalue weighted by molar-refractivity contribution is 7.09. The maximum atomic E-state index is 5.36. The summed E-state index contributed by atoms with van der Waals surface area (Å²) in [7, 11) is 3.38. The number of hydrogen-bond acceptors (Lipinski definition) is 6. The molecule has 2 heterocycles. The van der Waals surface area contributed by atoms with Gasteiger partial charge in [0.05, 0.1) is 14.2 Å². The molecule has 24 heavy (non-hydrogen) atoms. The van der Waals surface area contributed by atoms with Gasteiger partial charge in [-0.15, -0.1) is 11.3 Å². The van der Waals surface area contributed by atoms with E-state index in [0.29, 0.717) is 6.04 Å². The normalized spacial score (nSPS) is 18.0. The number of aryl methyl sites for hydroxylation is 1. The zero-order valence-corrected chi connectivity index (χ0v) is 15.4. The number of hydrogen-bond donors (Lipinski definition) is 1. The van der Waals surface area contributed by atoms with Gasteiger partial charge in [-0.1, -0.05) is 0 Å². The van der Waals surface area contributed by atoms with E-state index in [4.69, 9.17) is 9.47 Å². The highest BCUT2D eigenvalue weighted by atomic mass is 32.1. The first kappa shape index (κ1) is 17.2. The fourth-order valence-corrected chi connectivity index (χ4v) is 3.80. The predicted molar refractivity (Wildman–Crippen MR) is 96.9 cm³/mol. The number of nitrogens with one attached hydrogen (secondary N) is 1. The van der Waals surface area contributed by atoms with E-state index >= 15 is 0 Å². The minimum atomic E-state index is 0.529. The van der Waals surface area contributed by atoms with Crippen molar-refractivity contribution in [2.24, 2.45) is 0 Å². The summed E-state index contributed by atoms with van der Waals surface area (Å²) >= 11 is 1.73. The maximum absolute atomic E-state index is 5.36. The monoisotopic (exact) mass is 347 g/mol. The number of thiazole rings is 1. The molecule has 1 atom stereocenters. The van der Waals surface area contributed by atoms with Crippen molar-refractivity contribution in [2.45, 2.75) is 32.5 Å². The summed E-state index contributed by atoms with van der Waals surface area (Å²) in [4.78, 5) is 6.98. The first-order valence-electron chi connectivity index (χ1n) is 8.25. The van der Waals surface area contributed by atoms with Gasteiger partial charge in [0.15, 0.2) is 0 Å². The molecule has 1 aliphatic heterocycles. The second-order valence-corrected chi connectivity index (χ2v) is 7.15. The van der Waals surface area contributed by atoms with Gasteiger partial charge in [0, 0.05) is 49.4 Å². The summed E-state index contributed by atoms with van der Waals surface area (Å²) in [5.41, 5.74) is 2.33. The van der Waals surface area contributed by atoms with Crippen LogP contribution in [0.2, 0.25) is 0 Å². The largest absolute Gasteiger partial charge is 0.497 e. The molecule has 1 fully saturated rings. The summed E-state index contributed by atoms with van der Waals surface area (Å²) in [6.07, 6.45) is 1.17. The van der Waals surface area contributed by atoms with Crippen LogP contribution >= 0.6 is 11.3 Å². The molecule has 1 aliphatic rings. The van der Waals surface area contributed by atoms with Crippen molar-refractivity contribution >= 4 is 11.3 Å². The van der Waals surface area contributed by atoms with Crippen molar-refractivity contribution in [2.75, 3.05) is 27.3 Å². The molecule has 0 unspecified atom stereocenters. The van der Waals surface area contributed by atoms with E-state index in [1.54, 1.807) is 25.6 Å². The second kappa shape index (κ2) is 7.96. The van der Waals surface area contributed by atoms with E-state index in [2.05, 4.69) is 32.7 Å². The minimum absolute atomic E-state index is 0.529. The number of nitrogens with zero attached hydrogens (tertiary/aromatic N) is 2. The zero-order valence-electron chi connectivity index (χ0n) is 14.5. The lowest BCUT2D eigenvalue weighted by Crippen LogP contribution is -2.31. The van der Waals surface area contributed by atoms with Gasteiger partial charge in [0.25, 0.3) is 0 Å². The van der Waals surface area contributed by atoms with Crippen molar-refractivity contribution in [3.05, 3.63) is 39.8 Å². The first-order valence-corrected chi connectivity index (χ1v) is 9.13. The van der Waals surface area contributed by atoms with Crippen LogP contribution < -0.4 is 14.8 Å². The number of methoxy groups -OCH3 is 2. The molecule has 0 radical (unpaired) electrons. The van der Waals surface area contributed by atoms with E-state index < -0.39 is 0 Å². The third-order valence-corrected chi connectivity index (χ3v) is 5.26. The van der Waals surface area contributed by atoms with Crippen LogP contribution in [0.3, 0.4) is 0 Å². The van der Waals surface area contributed by atoms with Crippen molar-refractivity contribution in [3.8, 4) is 11.5 Å². The first-order chi connectivity index (χ1) is 11.7. The highest BCUT2D eigenvalue weighted by Crippen LogP contribution is 2.24. The predicted octanol–water partition coefficient (Wildman–Crippen LogP) is 2.83. The number of benzene rings is 1. The van der Waals surface area contributed by atoms with Gasteiger partial charge in [-0.3, -0.25) is 4.90 Å². The van der Waals surface area contributed by atoms with Gasteiger partial charge in [-0.05, 0) is 31.0 Å². The lowest BCUT2D eigenvalue weighted by molar-refractivity contribution is 0.317. The zero-order chi connectivity index (χ0) is 16.9. The Morgan fingerprint density at radius 2 is 2.00 bits per heavy atom. The quantitative estimate of drug-likeness (QED) is 0.834. The Balaban J connectivity index is 1.52. The Kier molecular flexibility index (Phi) is 5.71. The average Bonchev–Trinajstić information content (AvgIpc) is 3.21. The third-order valence-electron chi connectivity index (χ3n) is 4.30.